The molecule has 156 valence electrons. The minimum absolute atomic E-state index is 0.165. The normalized spacial score (nSPS) is 11.7. The Kier molecular flexibility index (Phi) is 7.18. The summed E-state index contributed by atoms with van der Waals surface area (Å²) in [7, 11) is 0. The Morgan fingerprint density at radius 2 is 1.93 bits per heavy atom. The maximum atomic E-state index is 12.6. The standard InChI is InChI=1S/C22H22ClN3O3S/c1-4-29-18-9-6-16(7-10-18)24-22(28)15(3)30-20-11-12-21(27)26(25-20)17-8-5-14(2)19(23)13-17/h5-13,15H,4H2,1-3H3,(H,24,28). The largest absolute Gasteiger partial charge is 0.494 e. The molecule has 1 amide bonds. The van der Waals surface area contributed by atoms with Gasteiger partial charge in [0.05, 0.1) is 17.5 Å². The Morgan fingerprint density at radius 1 is 1.20 bits per heavy atom. The number of rotatable bonds is 7. The molecule has 6 nitrogen and oxygen atoms in total. The third-order valence-electron chi connectivity index (χ3n) is 4.28. The maximum absolute atomic E-state index is 12.6. The van der Waals surface area contributed by atoms with Crippen LogP contribution in [0.4, 0.5) is 5.69 Å². The fourth-order valence-electron chi connectivity index (χ4n) is 2.64. The lowest BCUT2D eigenvalue weighted by Crippen LogP contribution is -2.24. The molecule has 3 aromatic rings. The van der Waals surface area contributed by atoms with Gasteiger partial charge in [-0.15, -0.1) is 0 Å². The van der Waals surface area contributed by atoms with Gasteiger partial charge in [-0.05, 0) is 68.8 Å². The van der Waals surface area contributed by atoms with Gasteiger partial charge < -0.3 is 10.1 Å². The second-order valence-corrected chi connectivity index (χ2v) is 8.33. The minimum Gasteiger partial charge on any atom is -0.494 e. The predicted octanol–water partition coefficient (Wildman–Crippen LogP) is 4.71. The van der Waals surface area contributed by atoms with E-state index in [9.17, 15) is 9.59 Å². The van der Waals surface area contributed by atoms with Crippen LogP contribution in [-0.4, -0.2) is 27.5 Å². The number of halogens is 1. The zero-order valence-electron chi connectivity index (χ0n) is 16.9. The van der Waals surface area contributed by atoms with E-state index in [0.29, 0.717) is 28.0 Å². The van der Waals surface area contributed by atoms with Crippen LogP contribution in [0.1, 0.15) is 19.4 Å². The number of nitrogens with one attached hydrogen (secondary N) is 1. The smallest absolute Gasteiger partial charge is 0.271 e. The summed E-state index contributed by atoms with van der Waals surface area (Å²) in [6.45, 7) is 6.18. The number of anilines is 1. The van der Waals surface area contributed by atoms with Crippen LogP contribution >= 0.6 is 23.4 Å². The molecule has 0 aliphatic rings. The Bertz CT molecular complexity index is 1100. The van der Waals surface area contributed by atoms with Crippen molar-refractivity contribution < 1.29 is 9.53 Å². The van der Waals surface area contributed by atoms with Gasteiger partial charge in [0.2, 0.25) is 5.91 Å². The Labute approximate surface area is 184 Å². The molecule has 0 aliphatic heterocycles. The Hall–Kier alpha value is -2.77. The number of benzene rings is 2. The molecular weight excluding hydrogens is 422 g/mol. The van der Waals surface area contributed by atoms with Crippen LogP contribution in [0.25, 0.3) is 5.69 Å². The number of aromatic nitrogens is 2. The topological polar surface area (TPSA) is 73.2 Å². The molecule has 0 bridgehead atoms. The van der Waals surface area contributed by atoms with Crippen molar-refractivity contribution in [2.75, 3.05) is 11.9 Å². The van der Waals surface area contributed by atoms with Crippen molar-refractivity contribution in [2.24, 2.45) is 0 Å². The molecule has 1 N–H and O–H groups in total. The van der Waals surface area contributed by atoms with Crippen LogP contribution in [-0.2, 0) is 4.79 Å². The number of aryl methyl sites for hydroxylation is 1. The zero-order valence-corrected chi connectivity index (χ0v) is 18.5. The van der Waals surface area contributed by atoms with Crippen molar-refractivity contribution in [3.05, 3.63) is 75.5 Å². The molecule has 3 rings (SSSR count). The highest BCUT2D eigenvalue weighted by Gasteiger charge is 2.16. The molecule has 1 atom stereocenters. The zero-order chi connectivity index (χ0) is 21.7. The van der Waals surface area contributed by atoms with Crippen molar-refractivity contribution in [3.8, 4) is 11.4 Å². The van der Waals surface area contributed by atoms with Crippen LogP contribution in [0, 0.1) is 6.92 Å². The first-order valence-electron chi connectivity index (χ1n) is 9.44. The number of amides is 1. The van der Waals surface area contributed by atoms with E-state index in [1.165, 1.54) is 22.5 Å². The number of carbonyl (C=O) groups excluding carboxylic acids is 1. The summed E-state index contributed by atoms with van der Waals surface area (Å²) in [5.74, 6) is 0.586. The summed E-state index contributed by atoms with van der Waals surface area (Å²) in [5, 5.41) is 7.95. The van der Waals surface area contributed by atoms with Gasteiger partial charge in [-0.25, -0.2) is 0 Å². The van der Waals surface area contributed by atoms with Crippen molar-refractivity contribution in [2.45, 2.75) is 31.0 Å². The molecule has 0 spiro atoms. The van der Waals surface area contributed by atoms with E-state index < -0.39 is 5.25 Å². The van der Waals surface area contributed by atoms with E-state index in [2.05, 4.69) is 10.4 Å². The molecule has 1 heterocycles. The second kappa shape index (κ2) is 9.82. The number of nitrogens with zero attached hydrogens (tertiary/aromatic N) is 2. The summed E-state index contributed by atoms with van der Waals surface area (Å²) >= 11 is 7.44. The Balaban J connectivity index is 1.71. The molecule has 0 saturated carbocycles. The molecule has 8 heteroatoms. The lowest BCUT2D eigenvalue weighted by Gasteiger charge is -2.13. The highest BCUT2D eigenvalue weighted by Crippen LogP contribution is 2.23. The molecule has 0 aliphatic carbocycles. The number of thioether (sulfide) groups is 1. The van der Waals surface area contributed by atoms with E-state index in [0.717, 1.165) is 11.3 Å². The highest BCUT2D eigenvalue weighted by molar-refractivity contribution is 8.00. The predicted molar refractivity (Wildman–Crippen MR) is 121 cm³/mol. The van der Waals surface area contributed by atoms with Gasteiger partial charge in [-0.1, -0.05) is 29.4 Å². The summed E-state index contributed by atoms with van der Waals surface area (Å²) in [6.07, 6.45) is 0. The summed E-state index contributed by atoms with van der Waals surface area (Å²) in [4.78, 5) is 24.8. The fraction of sp³-hybridized carbons (Fsp3) is 0.227. The molecule has 2 aromatic carbocycles. The summed E-state index contributed by atoms with van der Waals surface area (Å²) < 4.78 is 6.68. The van der Waals surface area contributed by atoms with E-state index in [1.807, 2.05) is 19.9 Å². The second-order valence-electron chi connectivity index (χ2n) is 6.56. The summed E-state index contributed by atoms with van der Waals surface area (Å²) in [5.41, 5.74) is 1.90. The van der Waals surface area contributed by atoms with Crippen LogP contribution in [0.3, 0.4) is 0 Å². The van der Waals surface area contributed by atoms with Gasteiger partial charge >= 0.3 is 0 Å². The molecule has 0 radical (unpaired) electrons. The van der Waals surface area contributed by atoms with E-state index in [1.54, 1.807) is 49.4 Å². The SMILES string of the molecule is CCOc1ccc(NC(=O)C(C)Sc2ccc(=O)n(-c3ccc(C)c(Cl)c3)n2)cc1. The molecule has 1 aromatic heterocycles. The summed E-state index contributed by atoms with van der Waals surface area (Å²) in [6, 6.07) is 15.5. The lowest BCUT2D eigenvalue weighted by molar-refractivity contribution is -0.115. The fourth-order valence-corrected chi connectivity index (χ4v) is 3.61. The first-order valence-corrected chi connectivity index (χ1v) is 10.7. The maximum Gasteiger partial charge on any atom is 0.271 e. The molecule has 0 fully saturated rings. The van der Waals surface area contributed by atoms with Crippen LogP contribution in [0.2, 0.25) is 5.02 Å². The Morgan fingerprint density at radius 3 is 2.60 bits per heavy atom. The number of hydrogen-bond donors (Lipinski definition) is 1. The quantitative estimate of drug-likeness (QED) is 0.535. The van der Waals surface area contributed by atoms with Crippen molar-refractivity contribution in [3.63, 3.8) is 0 Å². The van der Waals surface area contributed by atoms with Crippen molar-refractivity contribution >= 4 is 35.0 Å². The first-order chi connectivity index (χ1) is 14.4. The van der Waals surface area contributed by atoms with Crippen LogP contribution in [0.15, 0.2) is 64.4 Å². The van der Waals surface area contributed by atoms with Gasteiger partial charge in [-0.3, -0.25) is 9.59 Å². The van der Waals surface area contributed by atoms with Gasteiger partial charge in [0.15, 0.2) is 0 Å². The van der Waals surface area contributed by atoms with Gasteiger partial charge in [0.25, 0.3) is 5.56 Å². The molecule has 30 heavy (non-hydrogen) atoms. The van der Waals surface area contributed by atoms with Crippen LogP contribution < -0.4 is 15.6 Å². The highest BCUT2D eigenvalue weighted by atomic mass is 35.5. The third kappa shape index (κ3) is 5.43. The number of ether oxygens (including phenoxy) is 1. The van der Waals surface area contributed by atoms with Gasteiger partial charge in [-0.2, -0.15) is 9.78 Å². The van der Waals surface area contributed by atoms with Crippen molar-refractivity contribution in [1.29, 1.82) is 0 Å². The average molecular weight is 444 g/mol. The number of carbonyl (C=O) groups is 1. The van der Waals surface area contributed by atoms with Gasteiger partial charge in [0.1, 0.15) is 10.8 Å². The number of hydrogen-bond acceptors (Lipinski definition) is 5. The average Bonchev–Trinajstić information content (AvgIpc) is 2.73. The van der Waals surface area contributed by atoms with E-state index in [-0.39, 0.29) is 11.5 Å². The monoisotopic (exact) mass is 443 g/mol. The van der Waals surface area contributed by atoms with E-state index in [4.69, 9.17) is 16.3 Å². The molecule has 1 unspecified atom stereocenters. The molecular formula is C22H22ClN3O3S. The van der Waals surface area contributed by atoms with E-state index >= 15 is 0 Å². The van der Waals surface area contributed by atoms with Gasteiger partial charge in [0, 0.05) is 16.8 Å². The van der Waals surface area contributed by atoms with Crippen molar-refractivity contribution in [1.82, 2.24) is 9.78 Å². The van der Waals surface area contributed by atoms with Crippen LogP contribution in [0.5, 0.6) is 5.75 Å². The third-order valence-corrected chi connectivity index (χ3v) is 5.71. The lowest BCUT2D eigenvalue weighted by atomic mass is 10.2. The minimum atomic E-state index is -0.420. The molecule has 0 saturated heterocycles. The first kappa shape index (κ1) is 21.9.